The summed E-state index contributed by atoms with van der Waals surface area (Å²) < 4.78 is 0. The van der Waals surface area contributed by atoms with Gasteiger partial charge < -0.3 is 5.11 Å². The second kappa shape index (κ2) is 5.26. The summed E-state index contributed by atoms with van der Waals surface area (Å²) >= 11 is 0. The first-order valence-electron chi connectivity index (χ1n) is 5.70. The number of aliphatic hydroxyl groups is 1. The molecule has 0 bridgehead atoms. The minimum absolute atomic E-state index is 0.0752. The number of Topliss-reactive ketones (excluding diaryl/α,β-unsaturated/α-hetero) is 1. The molecule has 0 aliphatic rings. The van der Waals surface area contributed by atoms with Crippen molar-refractivity contribution < 1.29 is 9.90 Å². The quantitative estimate of drug-likeness (QED) is 0.792. The van der Waals surface area contributed by atoms with Crippen LogP contribution in [0.2, 0.25) is 0 Å². The molecule has 0 fully saturated rings. The van der Waals surface area contributed by atoms with Gasteiger partial charge in [-0.2, -0.15) is 0 Å². The van der Waals surface area contributed by atoms with Crippen LogP contribution >= 0.6 is 0 Å². The second-order valence-electron chi connectivity index (χ2n) is 5.08. The summed E-state index contributed by atoms with van der Waals surface area (Å²) in [6.07, 6.45) is 0.964. The average Bonchev–Trinajstić information content (AvgIpc) is 2.25. The Hall–Kier alpha value is -1.15. The van der Waals surface area contributed by atoms with E-state index < -0.39 is 0 Å². The Kier molecular flexibility index (Phi) is 4.25. The van der Waals surface area contributed by atoms with Crippen molar-refractivity contribution in [3.63, 3.8) is 0 Å². The molecule has 0 aliphatic heterocycles. The molecule has 0 atom stereocenters. The standard InChI is InChI=1S/C14H20O2/c1-14(2,3)12-8-6-11(7-9-12)13(16)5-4-10-15/h6-9,15H,4-5,10H2,1-3H3. The lowest BCUT2D eigenvalue weighted by molar-refractivity contribution is 0.0971. The zero-order chi connectivity index (χ0) is 12.2. The van der Waals surface area contributed by atoms with Crippen molar-refractivity contribution >= 4 is 5.78 Å². The third-order valence-corrected chi connectivity index (χ3v) is 2.63. The molecule has 0 aromatic heterocycles. The minimum Gasteiger partial charge on any atom is -0.396 e. The Morgan fingerprint density at radius 2 is 1.75 bits per heavy atom. The highest BCUT2D eigenvalue weighted by molar-refractivity contribution is 5.96. The molecule has 2 heteroatoms. The molecule has 1 aromatic carbocycles. The van der Waals surface area contributed by atoms with E-state index in [1.54, 1.807) is 0 Å². The first kappa shape index (κ1) is 12.9. The van der Waals surface area contributed by atoms with Gasteiger partial charge in [-0.3, -0.25) is 4.79 Å². The first-order chi connectivity index (χ1) is 7.45. The van der Waals surface area contributed by atoms with Crippen LogP contribution in [0.15, 0.2) is 24.3 Å². The van der Waals surface area contributed by atoms with E-state index in [-0.39, 0.29) is 17.8 Å². The lowest BCUT2D eigenvalue weighted by atomic mass is 9.86. The number of carbonyl (C=O) groups excluding carboxylic acids is 1. The molecule has 0 spiro atoms. The van der Waals surface area contributed by atoms with Gasteiger partial charge in [-0.05, 0) is 17.4 Å². The topological polar surface area (TPSA) is 37.3 Å². The van der Waals surface area contributed by atoms with E-state index in [0.29, 0.717) is 12.8 Å². The smallest absolute Gasteiger partial charge is 0.162 e. The highest BCUT2D eigenvalue weighted by Crippen LogP contribution is 2.22. The van der Waals surface area contributed by atoms with Crippen LogP contribution in [0.3, 0.4) is 0 Å². The number of ketones is 1. The fourth-order valence-electron chi connectivity index (χ4n) is 1.54. The molecule has 0 radical (unpaired) electrons. The summed E-state index contributed by atoms with van der Waals surface area (Å²) in [5, 5.41) is 8.66. The maximum Gasteiger partial charge on any atom is 0.162 e. The van der Waals surface area contributed by atoms with Crippen LogP contribution in [0.25, 0.3) is 0 Å². The molecule has 0 saturated carbocycles. The van der Waals surface area contributed by atoms with Crippen molar-refractivity contribution in [2.75, 3.05) is 6.61 Å². The SMILES string of the molecule is CC(C)(C)c1ccc(C(=O)CCCO)cc1. The maximum absolute atomic E-state index is 11.7. The van der Waals surface area contributed by atoms with Crippen molar-refractivity contribution in [2.45, 2.75) is 39.0 Å². The van der Waals surface area contributed by atoms with Crippen molar-refractivity contribution in [1.29, 1.82) is 0 Å². The van der Waals surface area contributed by atoms with E-state index in [0.717, 1.165) is 5.56 Å². The molecule has 1 aromatic rings. The summed E-state index contributed by atoms with van der Waals surface area (Å²) in [5.74, 6) is 0.106. The molecule has 0 saturated heterocycles. The van der Waals surface area contributed by atoms with E-state index in [1.807, 2.05) is 24.3 Å². The van der Waals surface area contributed by atoms with Gasteiger partial charge in [-0.1, -0.05) is 45.0 Å². The molecule has 1 rings (SSSR count). The lowest BCUT2D eigenvalue weighted by Gasteiger charge is -2.18. The largest absolute Gasteiger partial charge is 0.396 e. The highest BCUT2D eigenvalue weighted by Gasteiger charge is 2.13. The van der Waals surface area contributed by atoms with E-state index in [4.69, 9.17) is 5.11 Å². The Balaban J connectivity index is 2.75. The number of benzene rings is 1. The van der Waals surface area contributed by atoms with Gasteiger partial charge in [0.15, 0.2) is 5.78 Å². The van der Waals surface area contributed by atoms with Crippen molar-refractivity contribution in [1.82, 2.24) is 0 Å². The zero-order valence-corrected chi connectivity index (χ0v) is 10.3. The average molecular weight is 220 g/mol. The van der Waals surface area contributed by atoms with E-state index in [9.17, 15) is 4.79 Å². The lowest BCUT2D eigenvalue weighted by Crippen LogP contribution is -2.11. The fourth-order valence-corrected chi connectivity index (χ4v) is 1.54. The Labute approximate surface area is 97.3 Å². The summed E-state index contributed by atoms with van der Waals surface area (Å²) in [6.45, 7) is 6.52. The van der Waals surface area contributed by atoms with Crippen LogP contribution in [-0.4, -0.2) is 17.5 Å². The Morgan fingerprint density at radius 3 is 2.19 bits per heavy atom. The molecule has 0 amide bonds. The van der Waals surface area contributed by atoms with Crippen molar-refractivity contribution in [2.24, 2.45) is 0 Å². The van der Waals surface area contributed by atoms with Crippen molar-refractivity contribution in [3.05, 3.63) is 35.4 Å². The number of carbonyl (C=O) groups is 1. The van der Waals surface area contributed by atoms with Gasteiger partial charge in [-0.15, -0.1) is 0 Å². The third kappa shape index (κ3) is 3.46. The summed E-state index contributed by atoms with van der Waals surface area (Å²) in [6, 6.07) is 7.76. The van der Waals surface area contributed by atoms with Gasteiger partial charge >= 0.3 is 0 Å². The number of aliphatic hydroxyl groups excluding tert-OH is 1. The van der Waals surface area contributed by atoms with E-state index in [2.05, 4.69) is 20.8 Å². The molecule has 0 unspecified atom stereocenters. The Bertz CT molecular complexity index is 344. The number of hydrogen-bond donors (Lipinski definition) is 1. The van der Waals surface area contributed by atoms with Crippen molar-refractivity contribution in [3.8, 4) is 0 Å². The van der Waals surface area contributed by atoms with Gasteiger partial charge in [0.25, 0.3) is 0 Å². The van der Waals surface area contributed by atoms with Crippen LogP contribution in [0.5, 0.6) is 0 Å². The molecule has 0 aliphatic carbocycles. The van der Waals surface area contributed by atoms with Gasteiger partial charge in [0.2, 0.25) is 0 Å². The molecule has 1 N–H and O–H groups in total. The monoisotopic (exact) mass is 220 g/mol. The summed E-state index contributed by atoms with van der Waals surface area (Å²) in [4.78, 5) is 11.7. The summed E-state index contributed by atoms with van der Waals surface area (Å²) in [7, 11) is 0. The highest BCUT2D eigenvalue weighted by atomic mass is 16.3. The predicted octanol–water partition coefficient (Wildman–Crippen LogP) is 2.94. The van der Waals surface area contributed by atoms with Gasteiger partial charge in [-0.25, -0.2) is 0 Å². The van der Waals surface area contributed by atoms with Gasteiger partial charge in [0.1, 0.15) is 0 Å². The van der Waals surface area contributed by atoms with Crippen LogP contribution in [-0.2, 0) is 5.41 Å². The van der Waals surface area contributed by atoms with Gasteiger partial charge in [0.05, 0.1) is 0 Å². The first-order valence-corrected chi connectivity index (χ1v) is 5.70. The van der Waals surface area contributed by atoms with Crippen LogP contribution in [0.1, 0.15) is 49.5 Å². The van der Waals surface area contributed by atoms with Crippen LogP contribution in [0.4, 0.5) is 0 Å². The minimum atomic E-state index is 0.0752. The molecule has 88 valence electrons. The van der Waals surface area contributed by atoms with E-state index >= 15 is 0 Å². The number of hydrogen-bond acceptors (Lipinski definition) is 2. The molecule has 2 nitrogen and oxygen atoms in total. The van der Waals surface area contributed by atoms with Crippen LogP contribution in [0, 0.1) is 0 Å². The molecule has 0 heterocycles. The second-order valence-corrected chi connectivity index (χ2v) is 5.08. The number of rotatable bonds is 4. The van der Waals surface area contributed by atoms with E-state index in [1.165, 1.54) is 5.56 Å². The maximum atomic E-state index is 11.7. The Morgan fingerprint density at radius 1 is 1.19 bits per heavy atom. The third-order valence-electron chi connectivity index (χ3n) is 2.63. The van der Waals surface area contributed by atoms with Crippen LogP contribution < -0.4 is 0 Å². The fraction of sp³-hybridized carbons (Fsp3) is 0.500. The molecular formula is C14H20O2. The normalized spacial score (nSPS) is 11.5. The zero-order valence-electron chi connectivity index (χ0n) is 10.3. The molecular weight excluding hydrogens is 200 g/mol. The molecule has 16 heavy (non-hydrogen) atoms. The predicted molar refractivity (Wildman–Crippen MR) is 65.8 cm³/mol. The van der Waals surface area contributed by atoms with Gasteiger partial charge in [0, 0.05) is 18.6 Å². The summed E-state index contributed by atoms with van der Waals surface area (Å²) in [5.41, 5.74) is 2.08.